The quantitative estimate of drug-likeness (QED) is 0.684. The van der Waals surface area contributed by atoms with Gasteiger partial charge < -0.3 is 14.8 Å². The Hall–Kier alpha value is -2.30. The van der Waals surface area contributed by atoms with Gasteiger partial charge in [-0.1, -0.05) is 30.3 Å². The summed E-state index contributed by atoms with van der Waals surface area (Å²) in [5, 5.41) is 2.96. The van der Waals surface area contributed by atoms with Crippen LogP contribution >= 0.6 is 0 Å². The lowest BCUT2D eigenvalue weighted by Crippen LogP contribution is -2.36. The molecule has 1 saturated heterocycles. The highest BCUT2D eigenvalue weighted by molar-refractivity contribution is 5.98. The van der Waals surface area contributed by atoms with Crippen LogP contribution in [0.15, 0.2) is 42.2 Å². The van der Waals surface area contributed by atoms with Gasteiger partial charge in [0.15, 0.2) is 0 Å². The van der Waals surface area contributed by atoms with Gasteiger partial charge in [-0.2, -0.15) is 0 Å². The van der Waals surface area contributed by atoms with Gasteiger partial charge in [-0.05, 0) is 37.2 Å². The number of amides is 1. The van der Waals surface area contributed by atoms with E-state index in [-0.39, 0.29) is 17.7 Å². The molecule has 2 aliphatic rings. The van der Waals surface area contributed by atoms with Crippen molar-refractivity contribution in [1.82, 2.24) is 5.32 Å². The van der Waals surface area contributed by atoms with Crippen molar-refractivity contribution in [2.24, 2.45) is 0 Å². The molecule has 0 atom stereocenters. The lowest BCUT2D eigenvalue weighted by molar-refractivity contribution is -0.159. The van der Waals surface area contributed by atoms with E-state index in [1.54, 1.807) is 13.8 Å². The number of esters is 1. The number of benzene rings is 1. The van der Waals surface area contributed by atoms with Crippen LogP contribution in [0.25, 0.3) is 0 Å². The molecule has 1 amide bonds. The van der Waals surface area contributed by atoms with Crippen LogP contribution in [0.3, 0.4) is 0 Å². The summed E-state index contributed by atoms with van der Waals surface area (Å²) < 4.78 is 10.3. The standard InChI is InChI=1S/C19H23NO4/c1-19(2)23-16(18(22)24-19)12-17(21)20-15-10-8-14(9-11-15)13-6-4-3-5-7-13/h3-7,12,14-15H,8-11H2,1-2H3,(H,20,21)/b16-12-. The first-order valence-corrected chi connectivity index (χ1v) is 8.42. The topological polar surface area (TPSA) is 64.6 Å². The summed E-state index contributed by atoms with van der Waals surface area (Å²) in [6, 6.07) is 10.6. The van der Waals surface area contributed by atoms with Crippen LogP contribution in [-0.4, -0.2) is 23.7 Å². The Labute approximate surface area is 142 Å². The fraction of sp³-hybridized carbons (Fsp3) is 0.474. The number of carbonyl (C=O) groups excluding carboxylic acids is 2. The van der Waals surface area contributed by atoms with Gasteiger partial charge in [-0.15, -0.1) is 0 Å². The SMILES string of the molecule is CC1(C)OC(=O)/C(=C/C(=O)NC2CCC(c3ccccc3)CC2)O1. The summed E-state index contributed by atoms with van der Waals surface area (Å²) in [7, 11) is 0. The van der Waals surface area contributed by atoms with Gasteiger partial charge in [0.2, 0.25) is 17.5 Å². The molecule has 1 saturated carbocycles. The van der Waals surface area contributed by atoms with Gasteiger partial charge in [-0.3, -0.25) is 4.79 Å². The number of hydrogen-bond acceptors (Lipinski definition) is 4. The Balaban J connectivity index is 1.51. The van der Waals surface area contributed by atoms with Crippen molar-refractivity contribution in [2.75, 3.05) is 0 Å². The van der Waals surface area contributed by atoms with Crippen LogP contribution in [0.1, 0.15) is 51.0 Å². The molecule has 0 radical (unpaired) electrons. The fourth-order valence-corrected chi connectivity index (χ4v) is 3.35. The van der Waals surface area contributed by atoms with Gasteiger partial charge in [0.25, 0.3) is 0 Å². The minimum absolute atomic E-state index is 0.0320. The molecule has 0 aromatic heterocycles. The van der Waals surface area contributed by atoms with E-state index in [1.807, 2.05) is 6.07 Å². The minimum Gasteiger partial charge on any atom is -0.445 e. The van der Waals surface area contributed by atoms with E-state index in [1.165, 1.54) is 11.6 Å². The smallest absolute Gasteiger partial charge is 0.377 e. The number of cyclic esters (lactones) is 1. The van der Waals surface area contributed by atoms with E-state index in [2.05, 4.69) is 29.6 Å². The Morgan fingerprint density at radius 1 is 1.12 bits per heavy atom. The molecule has 24 heavy (non-hydrogen) atoms. The zero-order chi connectivity index (χ0) is 17.2. The first kappa shape index (κ1) is 16.6. The monoisotopic (exact) mass is 329 g/mol. The Kier molecular flexibility index (Phi) is 4.60. The van der Waals surface area contributed by atoms with Crippen LogP contribution < -0.4 is 5.32 Å². The molecule has 0 unspecified atom stereocenters. The van der Waals surface area contributed by atoms with Gasteiger partial charge in [0.1, 0.15) is 0 Å². The van der Waals surface area contributed by atoms with Gasteiger partial charge in [0.05, 0.1) is 6.08 Å². The number of carbonyl (C=O) groups is 2. The second-order valence-corrected chi connectivity index (χ2v) is 6.87. The second-order valence-electron chi connectivity index (χ2n) is 6.87. The molecule has 128 valence electrons. The first-order chi connectivity index (χ1) is 11.4. The number of hydrogen-bond donors (Lipinski definition) is 1. The Morgan fingerprint density at radius 3 is 2.38 bits per heavy atom. The fourth-order valence-electron chi connectivity index (χ4n) is 3.35. The highest BCUT2D eigenvalue weighted by atomic mass is 16.8. The molecule has 1 aliphatic carbocycles. The van der Waals surface area contributed by atoms with Crippen molar-refractivity contribution in [2.45, 2.75) is 57.3 Å². The van der Waals surface area contributed by atoms with Crippen molar-refractivity contribution in [3.05, 3.63) is 47.7 Å². The molecular formula is C19H23NO4. The molecular weight excluding hydrogens is 306 g/mol. The molecule has 5 heteroatoms. The summed E-state index contributed by atoms with van der Waals surface area (Å²) in [6.07, 6.45) is 5.17. The maximum atomic E-state index is 12.1. The number of rotatable bonds is 3. The molecule has 1 aromatic carbocycles. The predicted octanol–water partition coefficient (Wildman–Crippen LogP) is 3.02. The molecule has 0 bridgehead atoms. The van der Waals surface area contributed by atoms with Gasteiger partial charge in [0, 0.05) is 19.9 Å². The summed E-state index contributed by atoms with van der Waals surface area (Å²) in [5.41, 5.74) is 1.37. The average molecular weight is 329 g/mol. The summed E-state index contributed by atoms with van der Waals surface area (Å²) in [4.78, 5) is 23.7. The second kappa shape index (κ2) is 6.67. The van der Waals surface area contributed by atoms with Gasteiger partial charge >= 0.3 is 5.97 Å². The van der Waals surface area contributed by atoms with Crippen molar-refractivity contribution < 1.29 is 19.1 Å². The number of nitrogens with one attached hydrogen (secondary N) is 1. The van der Waals surface area contributed by atoms with E-state index < -0.39 is 11.8 Å². The zero-order valence-corrected chi connectivity index (χ0v) is 14.1. The summed E-state index contributed by atoms with van der Waals surface area (Å²) in [6.45, 7) is 3.27. The van der Waals surface area contributed by atoms with Crippen molar-refractivity contribution in [1.29, 1.82) is 0 Å². The zero-order valence-electron chi connectivity index (χ0n) is 14.1. The molecule has 1 aliphatic heterocycles. The summed E-state index contributed by atoms with van der Waals surface area (Å²) >= 11 is 0. The van der Waals surface area contributed by atoms with E-state index in [0.717, 1.165) is 25.7 Å². The highest BCUT2D eigenvalue weighted by Gasteiger charge is 2.38. The van der Waals surface area contributed by atoms with Crippen LogP contribution in [0.4, 0.5) is 0 Å². The predicted molar refractivity (Wildman–Crippen MR) is 88.9 cm³/mol. The van der Waals surface area contributed by atoms with E-state index >= 15 is 0 Å². The third-order valence-electron chi connectivity index (χ3n) is 4.50. The molecule has 1 heterocycles. The Morgan fingerprint density at radius 2 is 1.79 bits per heavy atom. The lowest BCUT2D eigenvalue weighted by atomic mass is 9.82. The largest absolute Gasteiger partial charge is 0.445 e. The minimum atomic E-state index is -1.00. The molecule has 2 fully saturated rings. The molecule has 0 spiro atoms. The van der Waals surface area contributed by atoms with E-state index in [9.17, 15) is 9.59 Å². The van der Waals surface area contributed by atoms with E-state index in [4.69, 9.17) is 9.47 Å². The summed E-state index contributed by atoms with van der Waals surface area (Å²) in [5.74, 6) is -1.37. The van der Waals surface area contributed by atoms with Crippen LogP contribution in [-0.2, 0) is 19.1 Å². The lowest BCUT2D eigenvalue weighted by Gasteiger charge is -2.29. The van der Waals surface area contributed by atoms with Gasteiger partial charge in [-0.25, -0.2) is 4.79 Å². The van der Waals surface area contributed by atoms with Crippen molar-refractivity contribution in [3.63, 3.8) is 0 Å². The van der Waals surface area contributed by atoms with Crippen LogP contribution in [0.2, 0.25) is 0 Å². The maximum Gasteiger partial charge on any atom is 0.377 e. The third kappa shape index (κ3) is 3.96. The van der Waals surface area contributed by atoms with Crippen molar-refractivity contribution >= 4 is 11.9 Å². The van der Waals surface area contributed by atoms with E-state index in [0.29, 0.717) is 5.92 Å². The number of ether oxygens (including phenoxy) is 2. The molecule has 1 aromatic rings. The average Bonchev–Trinajstić information content (AvgIpc) is 2.80. The van der Waals surface area contributed by atoms with Crippen LogP contribution in [0.5, 0.6) is 0 Å². The first-order valence-electron chi connectivity index (χ1n) is 8.42. The van der Waals surface area contributed by atoms with Crippen LogP contribution in [0, 0.1) is 0 Å². The normalized spacial score (nSPS) is 27.4. The maximum absolute atomic E-state index is 12.1. The molecule has 5 nitrogen and oxygen atoms in total. The Bertz CT molecular complexity index is 643. The third-order valence-corrected chi connectivity index (χ3v) is 4.50. The molecule has 1 N–H and O–H groups in total. The van der Waals surface area contributed by atoms with Crippen molar-refractivity contribution in [3.8, 4) is 0 Å². The molecule has 3 rings (SSSR count). The highest BCUT2D eigenvalue weighted by Crippen LogP contribution is 2.32.